The number of ether oxygens (including phenoxy) is 1. The van der Waals surface area contributed by atoms with Crippen molar-refractivity contribution in [3.05, 3.63) is 47.8 Å². The molecule has 1 amide bonds. The molecule has 1 heterocycles. The first kappa shape index (κ1) is 28.8. The van der Waals surface area contributed by atoms with E-state index in [-0.39, 0.29) is 18.6 Å². The summed E-state index contributed by atoms with van der Waals surface area (Å²) >= 11 is 0. The number of nitrogens with zero attached hydrogens (tertiary/aromatic N) is 2. The summed E-state index contributed by atoms with van der Waals surface area (Å²) in [5.74, 6) is 0. The van der Waals surface area contributed by atoms with Crippen LogP contribution in [-0.4, -0.2) is 47.6 Å². The van der Waals surface area contributed by atoms with Crippen molar-refractivity contribution in [3.63, 3.8) is 0 Å². The highest BCUT2D eigenvalue weighted by atomic mass is 32.2. The third-order valence-electron chi connectivity index (χ3n) is 7.34. The van der Waals surface area contributed by atoms with Crippen molar-refractivity contribution >= 4 is 15.9 Å². The van der Waals surface area contributed by atoms with Crippen molar-refractivity contribution < 1.29 is 36.2 Å². The van der Waals surface area contributed by atoms with Gasteiger partial charge in [-0.25, -0.2) is 13.2 Å². The van der Waals surface area contributed by atoms with E-state index in [0.717, 1.165) is 31.4 Å². The van der Waals surface area contributed by atoms with Gasteiger partial charge >= 0.3 is 12.3 Å². The fraction of sp³-hybridized carbons (Fsp3) is 0.519. The summed E-state index contributed by atoms with van der Waals surface area (Å²) in [7, 11) is -4.13. The van der Waals surface area contributed by atoms with E-state index >= 15 is 0 Å². The minimum Gasteiger partial charge on any atom is -0.465 e. The van der Waals surface area contributed by atoms with Gasteiger partial charge in [0, 0.05) is 11.9 Å². The number of alkyl halides is 3. The molecule has 0 saturated heterocycles. The molecular formula is C27H30F3N3O5S. The molecule has 12 heteroatoms. The number of nitrogens with one attached hydrogen (secondary N) is 1. The number of hydrogen-bond acceptors (Lipinski definition) is 6. The third-order valence-corrected chi connectivity index (χ3v) is 9.62. The van der Waals surface area contributed by atoms with Gasteiger partial charge in [-0.2, -0.15) is 18.4 Å². The molecule has 3 saturated carbocycles. The highest BCUT2D eigenvalue weighted by Crippen LogP contribution is 2.41. The van der Waals surface area contributed by atoms with Crippen LogP contribution in [0.3, 0.4) is 0 Å². The standard InChI is InChI=1S/C22H24F3NO3S.C5H6N2O2/c1-14-11-16(9-10-26-14)15-5-8-21(20(12-15)22(23,24)25)30(27,28)19-7-6-18(13-19)29-17-3-2-4-17;6-3-5(1-2-5)7-4(8)9/h5,8-12,17-19H,2-4,6-7,13H2,1H3;7H,1-2H2,(H,8,9)/t18-,19-;/m0./s1. The van der Waals surface area contributed by atoms with E-state index < -0.39 is 43.4 Å². The van der Waals surface area contributed by atoms with E-state index in [9.17, 15) is 26.4 Å². The number of aromatic nitrogens is 1. The van der Waals surface area contributed by atoms with Gasteiger partial charge < -0.3 is 15.2 Å². The zero-order valence-electron chi connectivity index (χ0n) is 21.4. The third kappa shape index (κ3) is 6.89. The Kier molecular flexibility index (Phi) is 8.23. The molecule has 3 aliphatic rings. The number of carbonyl (C=O) groups is 1. The number of sulfone groups is 1. The molecule has 5 rings (SSSR count). The lowest BCUT2D eigenvalue weighted by molar-refractivity contribution is -0.139. The summed E-state index contributed by atoms with van der Waals surface area (Å²) in [5.41, 5.74) is -0.304. The van der Waals surface area contributed by atoms with E-state index in [0.29, 0.717) is 42.5 Å². The number of amides is 1. The molecule has 1 aromatic carbocycles. The summed E-state index contributed by atoms with van der Waals surface area (Å²) in [6, 6.07) is 8.64. The topological polar surface area (TPSA) is 129 Å². The van der Waals surface area contributed by atoms with Crippen LogP contribution in [0.1, 0.15) is 62.6 Å². The molecule has 8 nitrogen and oxygen atoms in total. The zero-order chi connectivity index (χ0) is 28.4. The predicted molar refractivity (Wildman–Crippen MR) is 135 cm³/mol. The van der Waals surface area contributed by atoms with E-state index in [1.807, 2.05) is 6.07 Å². The van der Waals surface area contributed by atoms with Gasteiger partial charge in [0.15, 0.2) is 9.84 Å². The molecule has 0 aliphatic heterocycles. The van der Waals surface area contributed by atoms with Crippen LogP contribution in [0.15, 0.2) is 41.4 Å². The second-order valence-electron chi connectivity index (χ2n) is 10.3. The SMILES string of the molecule is Cc1cc(-c2ccc(S(=O)(=O)[C@H]3CC[C@H](OC4CCC4)C3)c(C(F)(F)F)c2)ccn1.N#CC1(NC(=O)O)CC1. The van der Waals surface area contributed by atoms with Crippen LogP contribution < -0.4 is 5.32 Å². The molecule has 2 atom stereocenters. The van der Waals surface area contributed by atoms with Crippen molar-refractivity contribution in [1.82, 2.24) is 10.3 Å². The minimum atomic E-state index is -4.78. The Labute approximate surface area is 225 Å². The number of halogens is 3. The molecule has 0 spiro atoms. The molecule has 3 fully saturated rings. The molecule has 2 N–H and O–H groups in total. The number of benzene rings is 1. The summed E-state index contributed by atoms with van der Waals surface area (Å²) in [6.07, 6.45) is 1.10. The van der Waals surface area contributed by atoms with Crippen LogP contribution in [0, 0.1) is 18.3 Å². The fourth-order valence-corrected chi connectivity index (χ4v) is 6.78. The van der Waals surface area contributed by atoms with E-state index in [2.05, 4.69) is 10.3 Å². The van der Waals surface area contributed by atoms with Crippen molar-refractivity contribution in [1.29, 1.82) is 5.26 Å². The fourth-order valence-electron chi connectivity index (χ4n) is 4.76. The smallest absolute Gasteiger partial charge is 0.417 e. The van der Waals surface area contributed by atoms with Crippen molar-refractivity contribution in [2.75, 3.05) is 0 Å². The Morgan fingerprint density at radius 3 is 2.33 bits per heavy atom. The first-order chi connectivity index (χ1) is 18.3. The number of aryl methyl sites for hydroxylation is 1. The Hall–Kier alpha value is -3.17. The first-order valence-electron chi connectivity index (χ1n) is 12.8. The largest absolute Gasteiger partial charge is 0.465 e. The molecular weight excluding hydrogens is 535 g/mol. The number of rotatable bonds is 6. The van der Waals surface area contributed by atoms with Crippen LogP contribution in [0.4, 0.5) is 18.0 Å². The van der Waals surface area contributed by atoms with Gasteiger partial charge in [-0.1, -0.05) is 6.07 Å². The van der Waals surface area contributed by atoms with Crippen molar-refractivity contribution in [3.8, 4) is 17.2 Å². The number of pyridine rings is 1. The summed E-state index contributed by atoms with van der Waals surface area (Å²) in [4.78, 5) is 13.4. The molecule has 0 bridgehead atoms. The summed E-state index contributed by atoms with van der Waals surface area (Å²) in [5, 5.41) is 17.8. The summed E-state index contributed by atoms with van der Waals surface area (Å²) in [6.45, 7) is 1.75. The van der Waals surface area contributed by atoms with Crippen LogP contribution >= 0.6 is 0 Å². The van der Waals surface area contributed by atoms with E-state index in [1.165, 1.54) is 12.3 Å². The lowest BCUT2D eigenvalue weighted by Crippen LogP contribution is -2.33. The van der Waals surface area contributed by atoms with Crippen LogP contribution in [0.2, 0.25) is 0 Å². The molecule has 2 aromatic rings. The normalized spacial score (nSPS) is 22.1. The average molecular weight is 566 g/mol. The maximum atomic E-state index is 13.8. The molecule has 210 valence electrons. The summed E-state index contributed by atoms with van der Waals surface area (Å²) < 4.78 is 73.7. The van der Waals surface area contributed by atoms with Gasteiger partial charge in [-0.15, -0.1) is 0 Å². The highest BCUT2D eigenvalue weighted by molar-refractivity contribution is 7.92. The van der Waals surface area contributed by atoms with Crippen LogP contribution in [-0.2, 0) is 20.8 Å². The van der Waals surface area contributed by atoms with Crippen molar-refractivity contribution in [2.24, 2.45) is 0 Å². The number of carboxylic acid groups (broad SMARTS) is 1. The quantitative estimate of drug-likeness (QED) is 0.463. The van der Waals surface area contributed by atoms with E-state index in [1.54, 1.807) is 19.1 Å². The van der Waals surface area contributed by atoms with Crippen LogP contribution in [0.25, 0.3) is 11.1 Å². The second-order valence-corrected chi connectivity index (χ2v) is 12.5. The van der Waals surface area contributed by atoms with Gasteiger partial charge in [0.2, 0.25) is 0 Å². The molecule has 0 unspecified atom stereocenters. The molecule has 1 aromatic heterocycles. The Balaban J connectivity index is 0.000000333. The molecule has 0 radical (unpaired) electrons. The van der Waals surface area contributed by atoms with Gasteiger partial charge in [0.05, 0.1) is 34.0 Å². The monoisotopic (exact) mass is 565 g/mol. The average Bonchev–Trinajstić information content (AvgIpc) is 3.44. The highest BCUT2D eigenvalue weighted by Gasteiger charge is 2.45. The van der Waals surface area contributed by atoms with Gasteiger partial charge in [-0.05, 0) is 93.7 Å². The maximum Gasteiger partial charge on any atom is 0.417 e. The first-order valence-corrected chi connectivity index (χ1v) is 14.3. The lowest BCUT2D eigenvalue weighted by atomic mass is 9.96. The van der Waals surface area contributed by atoms with Crippen molar-refractivity contribution in [2.45, 2.75) is 92.4 Å². The number of nitriles is 1. The Morgan fingerprint density at radius 2 is 1.82 bits per heavy atom. The van der Waals surface area contributed by atoms with Crippen LogP contribution in [0.5, 0.6) is 0 Å². The second kappa shape index (κ2) is 11.1. The van der Waals surface area contributed by atoms with Gasteiger partial charge in [0.1, 0.15) is 5.54 Å². The lowest BCUT2D eigenvalue weighted by Gasteiger charge is -2.29. The maximum absolute atomic E-state index is 13.8. The molecule has 3 aliphatic carbocycles. The number of hydrogen-bond donors (Lipinski definition) is 2. The Morgan fingerprint density at radius 1 is 1.13 bits per heavy atom. The molecule has 39 heavy (non-hydrogen) atoms. The van der Waals surface area contributed by atoms with Gasteiger partial charge in [-0.3, -0.25) is 4.98 Å². The van der Waals surface area contributed by atoms with Gasteiger partial charge in [0.25, 0.3) is 0 Å². The zero-order valence-corrected chi connectivity index (χ0v) is 22.2. The minimum absolute atomic E-state index is 0.172. The Bertz CT molecular complexity index is 1370. The predicted octanol–water partition coefficient (Wildman–Crippen LogP) is 5.65. The van der Waals surface area contributed by atoms with E-state index in [4.69, 9.17) is 15.1 Å².